The van der Waals surface area contributed by atoms with E-state index < -0.39 is 18.0 Å². The summed E-state index contributed by atoms with van der Waals surface area (Å²) >= 11 is 0. The van der Waals surface area contributed by atoms with Gasteiger partial charge in [-0.1, -0.05) is 36.4 Å². The molecule has 0 bridgehead atoms. The van der Waals surface area contributed by atoms with Crippen LogP contribution < -0.4 is 0 Å². The van der Waals surface area contributed by atoms with E-state index in [1.54, 1.807) is 35.4 Å². The lowest BCUT2D eigenvalue weighted by molar-refractivity contribution is -0.146. The molecule has 0 spiro atoms. The number of carbonyl (C=O) groups excluding carboxylic acids is 3. The molecule has 0 radical (unpaired) electrons. The predicted molar refractivity (Wildman–Crippen MR) is 103 cm³/mol. The van der Waals surface area contributed by atoms with Crippen LogP contribution in [0.25, 0.3) is 6.08 Å². The maximum Gasteiger partial charge on any atom is 0.337 e. The lowest BCUT2D eigenvalue weighted by Gasteiger charge is -2.32. The number of hydrogen-bond donors (Lipinski definition) is 0. The normalized spacial score (nSPS) is 14.9. The van der Waals surface area contributed by atoms with Crippen LogP contribution in [-0.2, 0) is 25.7 Å². The summed E-state index contributed by atoms with van der Waals surface area (Å²) in [6.07, 6.45) is 3.62. The van der Waals surface area contributed by atoms with Crippen LogP contribution >= 0.6 is 0 Å². The Morgan fingerprint density at radius 2 is 1.75 bits per heavy atom. The van der Waals surface area contributed by atoms with Gasteiger partial charge in [-0.05, 0) is 34.9 Å². The first kappa shape index (κ1) is 19.4. The zero-order valence-corrected chi connectivity index (χ0v) is 15.8. The molecule has 1 aliphatic rings. The van der Waals surface area contributed by atoms with Crippen molar-refractivity contribution in [1.29, 1.82) is 0 Å². The lowest BCUT2D eigenvalue weighted by Crippen LogP contribution is -2.32. The quantitative estimate of drug-likeness (QED) is 0.744. The van der Waals surface area contributed by atoms with Crippen molar-refractivity contribution in [1.82, 2.24) is 4.90 Å². The molecule has 0 saturated carbocycles. The Morgan fingerprint density at radius 3 is 2.43 bits per heavy atom. The molecule has 6 heteroatoms. The summed E-state index contributed by atoms with van der Waals surface area (Å²) in [6, 6.07) is 13.9. The van der Waals surface area contributed by atoms with E-state index >= 15 is 0 Å². The highest BCUT2D eigenvalue weighted by Crippen LogP contribution is 2.33. The average molecular weight is 379 g/mol. The maximum atomic E-state index is 12.4. The van der Waals surface area contributed by atoms with Gasteiger partial charge in [-0.3, -0.25) is 9.59 Å². The lowest BCUT2D eigenvalue weighted by atomic mass is 9.94. The Balaban J connectivity index is 1.65. The van der Waals surface area contributed by atoms with Gasteiger partial charge in [0.2, 0.25) is 5.91 Å². The molecule has 0 aromatic heterocycles. The minimum absolute atomic E-state index is 0.0567. The predicted octanol–water partition coefficient (Wildman–Crippen LogP) is 3.48. The Labute approximate surface area is 163 Å². The minimum atomic E-state index is -0.420. The molecule has 144 valence electrons. The molecule has 28 heavy (non-hydrogen) atoms. The Hall–Kier alpha value is -3.41. The zero-order valence-electron chi connectivity index (χ0n) is 15.8. The SMILES string of the molecule is COC(=O)c1ccc(COC(=O)C[C@H]2c3ccccc3C=CN2C(C)=O)cc1. The van der Waals surface area contributed by atoms with Gasteiger partial charge in [0.1, 0.15) is 6.61 Å². The van der Waals surface area contributed by atoms with Crippen LogP contribution in [-0.4, -0.2) is 29.9 Å². The van der Waals surface area contributed by atoms with E-state index in [2.05, 4.69) is 4.74 Å². The van der Waals surface area contributed by atoms with Gasteiger partial charge in [0, 0.05) is 13.1 Å². The number of methoxy groups -OCH3 is 1. The highest BCUT2D eigenvalue weighted by atomic mass is 16.5. The van der Waals surface area contributed by atoms with E-state index in [0.29, 0.717) is 5.56 Å². The first-order chi connectivity index (χ1) is 13.5. The van der Waals surface area contributed by atoms with Gasteiger partial charge in [-0.2, -0.15) is 0 Å². The van der Waals surface area contributed by atoms with Gasteiger partial charge in [0.15, 0.2) is 0 Å². The molecular formula is C22H21NO5. The Kier molecular flexibility index (Phi) is 5.89. The first-order valence-electron chi connectivity index (χ1n) is 8.88. The van der Waals surface area contributed by atoms with Gasteiger partial charge >= 0.3 is 11.9 Å². The molecule has 1 heterocycles. The molecule has 2 aromatic carbocycles. The molecule has 0 saturated heterocycles. The molecule has 1 amide bonds. The van der Waals surface area contributed by atoms with Crippen molar-refractivity contribution < 1.29 is 23.9 Å². The van der Waals surface area contributed by atoms with Crippen LogP contribution in [0.5, 0.6) is 0 Å². The molecular weight excluding hydrogens is 358 g/mol. The number of amides is 1. The van der Waals surface area contributed by atoms with Crippen LogP contribution in [0.1, 0.15) is 46.4 Å². The third kappa shape index (κ3) is 4.28. The second-order valence-electron chi connectivity index (χ2n) is 6.44. The molecule has 1 aliphatic heterocycles. The topological polar surface area (TPSA) is 72.9 Å². The smallest absolute Gasteiger partial charge is 0.337 e. The van der Waals surface area contributed by atoms with Crippen LogP contribution in [0.3, 0.4) is 0 Å². The van der Waals surface area contributed by atoms with Gasteiger partial charge < -0.3 is 14.4 Å². The summed E-state index contributed by atoms with van der Waals surface area (Å²) in [5, 5.41) is 0. The van der Waals surface area contributed by atoms with Crippen molar-refractivity contribution in [3.05, 3.63) is 77.0 Å². The number of fused-ring (bicyclic) bond motifs is 1. The Morgan fingerprint density at radius 1 is 1.04 bits per heavy atom. The minimum Gasteiger partial charge on any atom is -0.465 e. The van der Waals surface area contributed by atoms with Crippen LogP contribution in [0.4, 0.5) is 0 Å². The van der Waals surface area contributed by atoms with Gasteiger partial charge in [0.25, 0.3) is 0 Å². The summed E-state index contributed by atoms with van der Waals surface area (Å²) in [5.74, 6) is -0.961. The van der Waals surface area contributed by atoms with E-state index in [1.807, 2.05) is 30.3 Å². The van der Waals surface area contributed by atoms with Crippen LogP contribution in [0.2, 0.25) is 0 Å². The highest BCUT2D eigenvalue weighted by Gasteiger charge is 2.28. The largest absolute Gasteiger partial charge is 0.465 e. The zero-order chi connectivity index (χ0) is 20.1. The summed E-state index contributed by atoms with van der Waals surface area (Å²) in [6.45, 7) is 1.56. The first-order valence-corrected chi connectivity index (χ1v) is 8.88. The Bertz CT molecular complexity index is 917. The molecule has 0 aliphatic carbocycles. The number of hydrogen-bond acceptors (Lipinski definition) is 5. The second kappa shape index (κ2) is 8.52. The monoisotopic (exact) mass is 379 g/mol. The van der Waals surface area contributed by atoms with E-state index in [0.717, 1.165) is 16.7 Å². The maximum absolute atomic E-state index is 12.4. The van der Waals surface area contributed by atoms with E-state index in [4.69, 9.17) is 4.74 Å². The van der Waals surface area contributed by atoms with Gasteiger partial charge in [-0.25, -0.2) is 4.79 Å². The fourth-order valence-electron chi connectivity index (χ4n) is 3.15. The summed E-state index contributed by atoms with van der Waals surface area (Å²) in [7, 11) is 1.32. The molecule has 0 fully saturated rings. The fourth-order valence-corrected chi connectivity index (χ4v) is 3.15. The number of benzene rings is 2. The van der Waals surface area contributed by atoms with E-state index in [-0.39, 0.29) is 18.9 Å². The summed E-state index contributed by atoms with van der Waals surface area (Å²) < 4.78 is 10.0. The summed E-state index contributed by atoms with van der Waals surface area (Å²) in [5.41, 5.74) is 3.09. The van der Waals surface area contributed by atoms with Gasteiger partial charge in [-0.15, -0.1) is 0 Å². The van der Waals surface area contributed by atoms with Gasteiger partial charge in [0.05, 0.1) is 25.1 Å². The third-order valence-electron chi connectivity index (χ3n) is 4.60. The molecule has 3 rings (SSSR count). The fraction of sp³-hybridized carbons (Fsp3) is 0.227. The van der Waals surface area contributed by atoms with Crippen LogP contribution in [0, 0.1) is 0 Å². The molecule has 0 N–H and O–H groups in total. The van der Waals surface area contributed by atoms with Crippen molar-refractivity contribution in [2.75, 3.05) is 7.11 Å². The van der Waals surface area contributed by atoms with Crippen molar-refractivity contribution in [2.24, 2.45) is 0 Å². The standard InChI is InChI=1S/C22H21NO5/c1-15(24)23-12-11-17-5-3-4-6-19(17)20(23)13-21(25)28-14-16-7-9-18(10-8-16)22(26)27-2/h3-12,20H,13-14H2,1-2H3/t20-/m0/s1. The molecule has 0 unspecified atom stereocenters. The third-order valence-corrected chi connectivity index (χ3v) is 4.60. The van der Waals surface area contributed by atoms with E-state index in [1.165, 1.54) is 14.0 Å². The number of carbonyl (C=O) groups is 3. The van der Waals surface area contributed by atoms with E-state index in [9.17, 15) is 14.4 Å². The number of rotatable bonds is 5. The highest BCUT2D eigenvalue weighted by molar-refractivity contribution is 5.89. The van der Waals surface area contributed by atoms with Crippen LogP contribution in [0.15, 0.2) is 54.7 Å². The number of esters is 2. The molecule has 1 atom stereocenters. The number of ether oxygens (including phenoxy) is 2. The summed E-state index contributed by atoms with van der Waals surface area (Å²) in [4.78, 5) is 37.4. The van der Waals surface area contributed by atoms with Crippen molar-refractivity contribution in [3.8, 4) is 0 Å². The van der Waals surface area contributed by atoms with Crippen molar-refractivity contribution in [2.45, 2.75) is 26.0 Å². The van der Waals surface area contributed by atoms with Crippen molar-refractivity contribution >= 4 is 23.9 Å². The second-order valence-corrected chi connectivity index (χ2v) is 6.44. The molecule has 2 aromatic rings. The average Bonchev–Trinajstić information content (AvgIpc) is 2.72. The number of nitrogens with zero attached hydrogens (tertiary/aromatic N) is 1. The van der Waals surface area contributed by atoms with Crippen molar-refractivity contribution in [3.63, 3.8) is 0 Å². The molecule has 6 nitrogen and oxygen atoms in total.